The molecule has 0 radical (unpaired) electrons. The number of fused-ring (bicyclic) bond motifs is 1. The van der Waals surface area contributed by atoms with Crippen LogP contribution in [0.5, 0.6) is 0 Å². The van der Waals surface area contributed by atoms with E-state index in [0.717, 1.165) is 27.0 Å². The smallest absolute Gasteiger partial charge is 0.330 e. The van der Waals surface area contributed by atoms with Crippen LogP contribution in [0.1, 0.15) is 39.0 Å². The molecule has 1 fully saturated rings. The maximum absolute atomic E-state index is 13.3. The van der Waals surface area contributed by atoms with Crippen LogP contribution in [0.4, 0.5) is 10.5 Å². The highest BCUT2D eigenvalue weighted by atomic mass is 35.5. The summed E-state index contributed by atoms with van der Waals surface area (Å²) in [6.45, 7) is 9.18. The first-order valence-electron chi connectivity index (χ1n) is 17.0. The Morgan fingerprint density at radius 1 is 1.02 bits per heavy atom. The topological polar surface area (TPSA) is 139 Å². The Morgan fingerprint density at radius 2 is 1.71 bits per heavy atom. The Kier molecular flexibility index (Phi) is 10.8. The summed E-state index contributed by atoms with van der Waals surface area (Å²) in [7, 11) is -2.94. The number of rotatable bonds is 11. The lowest BCUT2D eigenvalue weighted by molar-refractivity contribution is -0.0253. The predicted octanol–water partition coefficient (Wildman–Crippen LogP) is 4.69. The van der Waals surface area contributed by atoms with Gasteiger partial charge in [-0.3, -0.25) is 19.3 Å². The molecule has 3 heterocycles. The summed E-state index contributed by atoms with van der Waals surface area (Å²) in [5, 5.41) is 12.9. The Labute approximate surface area is 302 Å². The van der Waals surface area contributed by atoms with Gasteiger partial charge in [0.15, 0.2) is 0 Å². The summed E-state index contributed by atoms with van der Waals surface area (Å²) in [6, 6.07) is 27.1. The van der Waals surface area contributed by atoms with Gasteiger partial charge in [0, 0.05) is 53.6 Å². The van der Waals surface area contributed by atoms with Crippen molar-refractivity contribution in [2.75, 3.05) is 25.0 Å². The first-order chi connectivity index (χ1) is 24.5. The molecule has 0 spiro atoms. The SMILES string of the molecule is Cc1cn([C@H]2C[C@H](NC(=O)NCCNc3ccnc4cc(Cl)ccc34)[C@H](CO[Si](c3ccccc3)(c3ccccc3)C(C)(C)C)O2)c(=O)[nH]c1=O. The second-order valence-corrected chi connectivity index (χ2v) is 18.5. The van der Waals surface area contributed by atoms with Gasteiger partial charge < -0.3 is 25.1 Å². The van der Waals surface area contributed by atoms with E-state index in [0.29, 0.717) is 23.7 Å². The summed E-state index contributed by atoms with van der Waals surface area (Å²) in [4.78, 5) is 45.1. The average Bonchev–Trinajstić information content (AvgIpc) is 3.50. The normalized spacial score (nSPS) is 17.7. The maximum Gasteiger partial charge on any atom is 0.330 e. The molecule has 3 aromatic carbocycles. The van der Waals surface area contributed by atoms with E-state index in [1.165, 1.54) is 10.8 Å². The number of halogens is 1. The summed E-state index contributed by atoms with van der Waals surface area (Å²) in [5.41, 5.74) is 1.01. The first kappa shape index (κ1) is 36.1. The lowest BCUT2D eigenvalue weighted by atomic mass is 10.1. The van der Waals surface area contributed by atoms with Gasteiger partial charge in [0.2, 0.25) is 0 Å². The van der Waals surface area contributed by atoms with Crippen molar-refractivity contribution in [2.45, 2.75) is 57.5 Å². The fourth-order valence-electron chi connectivity index (χ4n) is 6.84. The number of hydrogen-bond acceptors (Lipinski definition) is 7. The summed E-state index contributed by atoms with van der Waals surface area (Å²) in [6.07, 6.45) is 2.16. The quantitative estimate of drug-likeness (QED) is 0.114. The summed E-state index contributed by atoms with van der Waals surface area (Å²) < 4.78 is 15.1. The van der Waals surface area contributed by atoms with Gasteiger partial charge in [0.25, 0.3) is 13.9 Å². The number of hydrogen-bond donors (Lipinski definition) is 4. The van der Waals surface area contributed by atoms with Gasteiger partial charge in [-0.1, -0.05) is 93.0 Å². The third-order valence-electron chi connectivity index (χ3n) is 9.32. The molecular weight excluding hydrogens is 684 g/mol. The number of anilines is 1. The van der Waals surface area contributed by atoms with Crippen molar-refractivity contribution >= 4 is 52.9 Å². The number of H-pyrrole nitrogens is 1. The molecule has 1 saturated heterocycles. The van der Waals surface area contributed by atoms with Gasteiger partial charge in [-0.05, 0) is 46.6 Å². The Balaban J connectivity index is 1.21. The van der Waals surface area contributed by atoms with Crippen LogP contribution in [-0.4, -0.2) is 60.7 Å². The Morgan fingerprint density at radius 3 is 2.37 bits per heavy atom. The Hall–Kier alpha value is -4.75. The number of carbonyl (C=O) groups is 1. The molecule has 5 aromatic rings. The molecule has 1 aliphatic heterocycles. The van der Waals surface area contributed by atoms with Gasteiger partial charge in [0.1, 0.15) is 12.3 Å². The molecule has 2 aromatic heterocycles. The molecule has 4 N–H and O–H groups in total. The first-order valence-corrected chi connectivity index (χ1v) is 19.3. The van der Waals surface area contributed by atoms with Crippen LogP contribution in [0, 0.1) is 6.92 Å². The van der Waals surface area contributed by atoms with E-state index in [1.54, 1.807) is 19.2 Å². The molecule has 3 atom stereocenters. The number of aromatic amines is 1. The maximum atomic E-state index is 13.3. The zero-order valence-corrected chi connectivity index (χ0v) is 30.9. The van der Waals surface area contributed by atoms with Crippen molar-refractivity contribution in [3.05, 3.63) is 129 Å². The van der Waals surface area contributed by atoms with Crippen molar-refractivity contribution in [3.8, 4) is 0 Å². The molecular formula is C38H43ClN6O5Si. The molecule has 6 rings (SSSR count). The van der Waals surface area contributed by atoms with E-state index < -0.39 is 37.9 Å². The zero-order chi connectivity index (χ0) is 36.2. The summed E-state index contributed by atoms with van der Waals surface area (Å²) >= 11 is 6.13. The fourth-order valence-corrected chi connectivity index (χ4v) is 11.6. The van der Waals surface area contributed by atoms with E-state index >= 15 is 0 Å². The second-order valence-electron chi connectivity index (χ2n) is 13.8. The highest BCUT2D eigenvalue weighted by Gasteiger charge is 2.51. The van der Waals surface area contributed by atoms with Gasteiger partial charge >= 0.3 is 11.7 Å². The Bertz CT molecular complexity index is 2060. The van der Waals surface area contributed by atoms with Crippen LogP contribution >= 0.6 is 11.6 Å². The van der Waals surface area contributed by atoms with Crippen LogP contribution < -0.4 is 37.6 Å². The van der Waals surface area contributed by atoms with Gasteiger partial charge in [0.05, 0.1) is 18.2 Å². The van der Waals surface area contributed by atoms with E-state index in [-0.39, 0.29) is 24.1 Å². The standard InChI is InChI=1S/C38H43ClN6O5Si/c1-25-23-45(37(48)44-35(25)46)34-22-32(43-36(47)42-20-19-41-30-17-18-40-31-21-26(39)15-16-29(30)31)33(50-34)24-49-51(38(2,3)4,27-11-7-5-8-12-27)28-13-9-6-10-14-28/h5-18,21,23,32-34H,19-20,22,24H2,1-4H3,(H,40,41)(H2,42,43,47)(H,44,46,48)/t32-,33-,34+/m0/s1. The van der Waals surface area contributed by atoms with E-state index in [4.69, 9.17) is 20.8 Å². The second kappa shape index (κ2) is 15.2. The van der Waals surface area contributed by atoms with Gasteiger partial charge in [-0.25, -0.2) is 9.59 Å². The third-order valence-corrected chi connectivity index (χ3v) is 14.6. The van der Waals surface area contributed by atoms with E-state index in [2.05, 4.69) is 71.0 Å². The number of aromatic nitrogens is 3. The van der Waals surface area contributed by atoms with Crippen LogP contribution in [0.2, 0.25) is 10.1 Å². The van der Waals surface area contributed by atoms with Crippen molar-refractivity contribution in [3.63, 3.8) is 0 Å². The molecule has 13 heteroatoms. The lowest BCUT2D eigenvalue weighted by Gasteiger charge is -2.43. The number of nitrogens with zero attached hydrogens (tertiary/aromatic N) is 2. The molecule has 2 amide bonds. The number of carbonyl (C=O) groups excluding carboxylic acids is 1. The molecule has 266 valence electrons. The van der Waals surface area contributed by atoms with Crippen LogP contribution in [-0.2, 0) is 9.16 Å². The number of aryl methyl sites for hydroxylation is 1. The number of benzene rings is 3. The largest absolute Gasteiger partial charge is 0.405 e. The lowest BCUT2D eigenvalue weighted by Crippen LogP contribution is -2.67. The highest BCUT2D eigenvalue weighted by molar-refractivity contribution is 6.99. The molecule has 11 nitrogen and oxygen atoms in total. The van der Waals surface area contributed by atoms with Crippen molar-refractivity contribution in [2.24, 2.45) is 0 Å². The fraction of sp³-hybridized carbons (Fsp3) is 0.316. The minimum absolute atomic E-state index is 0.159. The average molecular weight is 727 g/mol. The molecule has 51 heavy (non-hydrogen) atoms. The van der Waals surface area contributed by atoms with Crippen molar-refractivity contribution in [1.29, 1.82) is 0 Å². The monoisotopic (exact) mass is 726 g/mol. The van der Waals surface area contributed by atoms with Crippen LogP contribution in [0.25, 0.3) is 10.9 Å². The number of nitrogens with one attached hydrogen (secondary N) is 4. The number of amides is 2. The summed E-state index contributed by atoms with van der Waals surface area (Å²) in [5.74, 6) is 0. The third kappa shape index (κ3) is 7.79. The number of pyridine rings is 1. The van der Waals surface area contributed by atoms with E-state index in [1.807, 2.05) is 54.6 Å². The molecule has 0 unspecified atom stereocenters. The molecule has 1 aliphatic rings. The highest BCUT2D eigenvalue weighted by Crippen LogP contribution is 2.38. The molecule has 0 aliphatic carbocycles. The van der Waals surface area contributed by atoms with Gasteiger partial charge in [-0.15, -0.1) is 0 Å². The van der Waals surface area contributed by atoms with E-state index in [9.17, 15) is 14.4 Å². The minimum Gasteiger partial charge on any atom is -0.405 e. The number of urea groups is 1. The molecule has 0 bridgehead atoms. The predicted molar refractivity (Wildman–Crippen MR) is 204 cm³/mol. The molecule has 0 saturated carbocycles. The van der Waals surface area contributed by atoms with Crippen molar-refractivity contribution < 1.29 is 14.0 Å². The minimum atomic E-state index is -2.94. The van der Waals surface area contributed by atoms with Gasteiger partial charge in [-0.2, -0.15) is 0 Å². The number of ether oxygens (including phenoxy) is 1. The van der Waals surface area contributed by atoms with Crippen molar-refractivity contribution in [1.82, 2.24) is 25.2 Å². The van der Waals surface area contributed by atoms with Crippen LogP contribution in [0.3, 0.4) is 0 Å². The zero-order valence-electron chi connectivity index (χ0n) is 29.1. The van der Waals surface area contributed by atoms with Crippen LogP contribution in [0.15, 0.2) is 107 Å².